The molecular weight excluding hydrogens is 263 g/mol. The first-order chi connectivity index (χ1) is 9.56. The maximum absolute atomic E-state index is 12.9. The molecule has 0 saturated heterocycles. The minimum atomic E-state index is -0.625. The monoisotopic (exact) mass is 272 g/mol. The van der Waals surface area contributed by atoms with Gasteiger partial charge in [0.1, 0.15) is 11.6 Å². The van der Waals surface area contributed by atoms with Crippen molar-refractivity contribution >= 4 is 10.9 Å². The lowest BCUT2D eigenvalue weighted by Gasteiger charge is -2.06. The fourth-order valence-corrected chi connectivity index (χ4v) is 2.03. The Balaban J connectivity index is 2.39. The minimum Gasteiger partial charge on any atom is -0.508 e. The number of phenolic OH excluding ortho intramolecular Hbond substituents is 1. The molecule has 0 aliphatic rings. The van der Waals surface area contributed by atoms with Crippen LogP contribution in [0.25, 0.3) is 16.6 Å². The van der Waals surface area contributed by atoms with E-state index in [4.69, 9.17) is 0 Å². The van der Waals surface area contributed by atoms with E-state index in [2.05, 4.69) is 4.98 Å². The topological polar surface area (TPSA) is 75.1 Å². The van der Waals surface area contributed by atoms with E-state index in [1.165, 1.54) is 30.3 Å². The van der Waals surface area contributed by atoms with Gasteiger partial charge in [-0.25, -0.2) is 13.8 Å². The summed E-state index contributed by atoms with van der Waals surface area (Å²) >= 11 is 0. The third-order valence-corrected chi connectivity index (χ3v) is 2.97. The summed E-state index contributed by atoms with van der Waals surface area (Å²) in [6.45, 7) is 0. The van der Waals surface area contributed by atoms with Crippen molar-refractivity contribution in [2.75, 3.05) is 0 Å². The van der Waals surface area contributed by atoms with Crippen molar-refractivity contribution in [1.29, 1.82) is 0 Å². The molecule has 0 fully saturated rings. The number of benzene rings is 2. The van der Waals surface area contributed by atoms with Crippen LogP contribution in [0.4, 0.5) is 4.39 Å². The number of rotatable bonds is 1. The van der Waals surface area contributed by atoms with E-state index in [0.29, 0.717) is 5.52 Å². The highest BCUT2D eigenvalue weighted by atomic mass is 19.1. The second-order valence-electron chi connectivity index (χ2n) is 4.28. The molecule has 0 aliphatic carbocycles. The molecule has 0 spiro atoms. The first kappa shape index (κ1) is 12.2. The van der Waals surface area contributed by atoms with E-state index in [1.54, 1.807) is 0 Å². The summed E-state index contributed by atoms with van der Waals surface area (Å²) in [5.41, 5.74) is -0.620. The Labute approximate surface area is 111 Å². The summed E-state index contributed by atoms with van der Waals surface area (Å²) in [6, 6.07) is 9.08. The van der Waals surface area contributed by atoms with Crippen LogP contribution in [0, 0.1) is 5.82 Å². The number of aromatic amines is 1. The highest BCUT2D eigenvalue weighted by Gasteiger charge is 2.10. The predicted octanol–water partition coefficient (Wildman–Crippen LogP) is 1.52. The number of fused-ring (bicyclic) bond motifs is 1. The molecule has 100 valence electrons. The van der Waals surface area contributed by atoms with Gasteiger partial charge in [0.25, 0.3) is 5.56 Å². The number of aromatic hydroxyl groups is 1. The highest BCUT2D eigenvalue weighted by molar-refractivity contribution is 5.79. The highest BCUT2D eigenvalue weighted by Crippen LogP contribution is 2.14. The molecule has 0 atom stereocenters. The molecule has 1 aromatic heterocycles. The molecular formula is C14H9FN2O3. The number of phenols is 1. The summed E-state index contributed by atoms with van der Waals surface area (Å²) in [6.07, 6.45) is 0. The molecule has 0 amide bonds. The Morgan fingerprint density at radius 1 is 1.05 bits per heavy atom. The Kier molecular flexibility index (Phi) is 2.64. The maximum atomic E-state index is 12.9. The Hall–Kier alpha value is -2.89. The zero-order valence-corrected chi connectivity index (χ0v) is 10.1. The van der Waals surface area contributed by atoms with Gasteiger partial charge in [0.15, 0.2) is 0 Å². The number of aromatic nitrogens is 2. The zero-order valence-electron chi connectivity index (χ0n) is 10.1. The first-order valence-corrected chi connectivity index (χ1v) is 5.80. The number of halogens is 1. The minimum absolute atomic E-state index is 0.0766. The van der Waals surface area contributed by atoms with Crippen molar-refractivity contribution in [2.45, 2.75) is 0 Å². The van der Waals surface area contributed by atoms with Gasteiger partial charge in [-0.1, -0.05) is 0 Å². The van der Waals surface area contributed by atoms with Crippen molar-refractivity contribution in [3.63, 3.8) is 0 Å². The van der Waals surface area contributed by atoms with Crippen molar-refractivity contribution < 1.29 is 9.50 Å². The zero-order chi connectivity index (χ0) is 14.3. The number of hydrogen-bond donors (Lipinski definition) is 2. The Morgan fingerprint density at radius 2 is 1.75 bits per heavy atom. The third kappa shape index (κ3) is 1.87. The van der Waals surface area contributed by atoms with Crippen LogP contribution in [0.3, 0.4) is 0 Å². The largest absolute Gasteiger partial charge is 0.508 e. The molecule has 0 saturated carbocycles. The van der Waals surface area contributed by atoms with Gasteiger partial charge in [0, 0.05) is 0 Å². The molecule has 1 heterocycles. The molecule has 2 aromatic carbocycles. The summed E-state index contributed by atoms with van der Waals surface area (Å²) in [5, 5.41) is 9.61. The van der Waals surface area contributed by atoms with Crippen LogP contribution in [0.1, 0.15) is 0 Å². The molecule has 20 heavy (non-hydrogen) atoms. The molecule has 0 unspecified atom stereocenters. The second-order valence-corrected chi connectivity index (χ2v) is 4.28. The molecule has 2 N–H and O–H groups in total. The molecule has 0 bridgehead atoms. The quantitative estimate of drug-likeness (QED) is 0.705. The van der Waals surface area contributed by atoms with Gasteiger partial charge >= 0.3 is 5.69 Å². The summed E-state index contributed by atoms with van der Waals surface area (Å²) in [7, 11) is 0. The van der Waals surface area contributed by atoms with Gasteiger partial charge in [0.2, 0.25) is 0 Å². The molecule has 0 radical (unpaired) electrons. The number of nitrogens with one attached hydrogen (secondary N) is 1. The molecule has 0 aliphatic heterocycles. The van der Waals surface area contributed by atoms with Gasteiger partial charge < -0.3 is 10.1 Å². The normalized spacial score (nSPS) is 10.8. The Morgan fingerprint density at radius 3 is 2.45 bits per heavy atom. The van der Waals surface area contributed by atoms with Crippen LogP contribution in [-0.4, -0.2) is 14.7 Å². The van der Waals surface area contributed by atoms with Crippen molar-refractivity contribution in [2.24, 2.45) is 0 Å². The summed E-state index contributed by atoms with van der Waals surface area (Å²) in [4.78, 5) is 26.8. The van der Waals surface area contributed by atoms with E-state index >= 15 is 0 Å². The third-order valence-electron chi connectivity index (χ3n) is 2.97. The average Bonchev–Trinajstić information content (AvgIpc) is 2.42. The lowest BCUT2D eigenvalue weighted by molar-refractivity contribution is 0.476. The fourth-order valence-electron chi connectivity index (χ4n) is 2.03. The molecule has 6 heteroatoms. The van der Waals surface area contributed by atoms with E-state index in [1.807, 2.05) is 0 Å². The average molecular weight is 272 g/mol. The first-order valence-electron chi connectivity index (χ1n) is 5.80. The van der Waals surface area contributed by atoms with Crippen LogP contribution < -0.4 is 11.2 Å². The van der Waals surface area contributed by atoms with Crippen LogP contribution in [0.2, 0.25) is 0 Å². The summed E-state index contributed by atoms with van der Waals surface area (Å²) in [5.74, 6) is -0.538. The second kappa shape index (κ2) is 4.34. The fraction of sp³-hybridized carbons (Fsp3) is 0. The lowest BCUT2D eigenvalue weighted by Crippen LogP contribution is -2.33. The van der Waals surface area contributed by atoms with Crippen LogP contribution in [-0.2, 0) is 0 Å². The van der Waals surface area contributed by atoms with Crippen LogP contribution in [0.5, 0.6) is 5.75 Å². The van der Waals surface area contributed by atoms with Crippen LogP contribution >= 0.6 is 0 Å². The maximum Gasteiger partial charge on any atom is 0.333 e. The van der Waals surface area contributed by atoms with E-state index in [0.717, 1.165) is 16.7 Å². The summed E-state index contributed by atoms with van der Waals surface area (Å²) < 4.78 is 13.8. The van der Waals surface area contributed by atoms with E-state index in [9.17, 15) is 19.1 Å². The SMILES string of the molecule is O=c1[nH]c2ccc(O)cc2c(=O)n1-c1ccc(F)cc1. The smallest absolute Gasteiger partial charge is 0.333 e. The van der Waals surface area contributed by atoms with Gasteiger partial charge in [0.05, 0.1) is 16.6 Å². The molecule has 5 nitrogen and oxygen atoms in total. The number of hydrogen-bond acceptors (Lipinski definition) is 3. The molecule has 3 aromatic rings. The number of H-pyrrole nitrogens is 1. The van der Waals surface area contributed by atoms with Gasteiger partial charge in [-0.2, -0.15) is 0 Å². The van der Waals surface area contributed by atoms with E-state index in [-0.39, 0.29) is 16.8 Å². The predicted molar refractivity (Wildman–Crippen MR) is 71.8 cm³/mol. The van der Waals surface area contributed by atoms with Crippen LogP contribution in [0.15, 0.2) is 52.1 Å². The van der Waals surface area contributed by atoms with Gasteiger partial charge in [-0.15, -0.1) is 0 Å². The van der Waals surface area contributed by atoms with Gasteiger partial charge in [-0.05, 0) is 42.5 Å². The lowest BCUT2D eigenvalue weighted by atomic mass is 10.2. The standard InChI is InChI=1S/C14H9FN2O3/c15-8-1-3-9(4-2-8)17-13(19)11-7-10(18)5-6-12(11)16-14(17)20/h1-7,18H,(H,16,20). The van der Waals surface area contributed by atoms with E-state index < -0.39 is 17.1 Å². The van der Waals surface area contributed by atoms with Crippen molar-refractivity contribution in [3.05, 3.63) is 69.1 Å². The van der Waals surface area contributed by atoms with Crippen molar-refractivity contribution in [3.8, 4) is 11.4 Å². The molecule has 3 rings (SSSR count). The van der Waals surface area contributed by atoms with Crippen molar-refractivity contribution in [1.82, 2.24) is 9.55 Å². The Bertz CT molecular complexity index is 910. The van der Waals surface area contributed by atoms with Gasteiger partial charge in [-0.3, -0.25) is 4.79 Å². The number of nitrogens with zero attached hydrogens (tertiary/aromatic N) is 1.